The lowest BCUT2D eigenvalue weighted by molar-refractivity contribution is -0.136. The maximum Gasteiger partial charge on any atom is 0.227 e. The van der Waals surface area contributed by atoms with Gasteiger partial charge in [0, 0.05) is 62.5 Å². The molecule has 3 saturated heterocycles. The highest BCUT2D eigenvalue weighted by molar-refractivity contribution is 8.00. The molecule has 11 heteroatoms. The Morgan fingerprint density at radius 3 is 2.56 bits per heavy atom. The molecule has 39 heavy (non-hydrogen) atoms. The van der Waals surface area contributed by atoms with E-state index in [0.29, 0.717) is 25.7 Å². The van der Waals surface area contributed by atoms with E-state index < -0.39 is 0 Å². The number of carbonyl (C=O) groups excluding carboxylic acids is 2. The van der Waals surface area contributed by atoms with Crippen LogP contribution in [0.4, 0.5) is 0 Å². The van der Waals surface area contributed by atoms with Crippen molar-refractivity contribution >= 4 is 35.2 Å². The largest absolute Gasteiger partial charge is 0.381 e. The molecule has 218 valence electrons. The number of amides is 2. The summed E-state index contributed by atoms with van der Waals surface area (Å²) in [5.74, 6) is 0.335. The second kappa shape index (κ2) is 12.8. The molecule has 3 N–H and O–H groups in total. The van der Waals surface area contributed by atoms with Crippen LogP contribution in [0.5, 0.6) is 0 Å². The number of nitrogens with zero attached hydrogens (tertiary/aromatic N) is 2. The Hall–Kier alpha value is -1.09. The minimum atomic E-state index is -0.186. The summed E-state index contributed by atoms with van der Waals surface area (Å²) < 4.78 is 11.3. The number of methoxy groups -OCH3 is 2. The number of piperidine rings is 1. The number of halogens is 1. The summed E-state index contributed by atoms with van der Waals surface area (Å²) in [5, 5.41) is 20.0. The van der Waals surface area contributed by atoms with Crippen LogP contribution in [0.2, 0.25) is 0 Å². The molecule has 9 nitrogen and oxygen atoms in total. The molecule has 2 saturated carbocycles. The van der Waals surface area contributed by atoms with Crippen molar-refractivity contribution in [3.63, 3.8) is 0 Å². The maximum atomic E-state index is 13.6. The Balaban J connectivity index is 1.16. The Morgan fingerprint density at radius 2 is 1.87 bits per heavy atom. The van der Waals surface area contributed by atoms with E-state index in [9.17, 15) is 14.9 Å². The summed E-state index contributed by atoms with van der Waals surface area (Å²) in [6.45, 7) is 4.14. The molecule has 0 radical (unpaired) electrons. The smallest absolute Gasteiger partial charge is 0.227 e. The topological polar surface area (TPSA) is 116 Å². The quantitative estimate of drug-likeness (QED) is 0.409. The van der Waals surface area contributed by atoms with Crippen molar-refractivity contribution in [1.82, 2.24) is 20.9 Å². The number of hydrogen-bond donors (Lipinski definition) is 3. The average Bonchev–Trinajstić information content (AvgIpc) is 3.51. The third-order valence-electron chi connectivity index (χ3n) is 9.94. The van der Waals surface area contributed by atoms with Crippen molar-refractivity contribution in [2.75, 3.05) is 33.9 Å². The van der Waals surface area contributed by atoms with Gasteiger partial charge in [0.2, 0.25) is 11.8 Å². The lowest BCUT2D eigenvalue weighted by Gasteiger charge is -2.44. The first-order valence-electron chi connectivity index (χ1n) is 14.6. The first-order chi connectivity index (χ1) is 18.8. The zero-order valence-corrected chi connectivity index (χ0v) is 24.9. The standard InChI is InChI=1S/C28H44ClN5O4S/c1-15-8-19(20-9-16(11-30)4-7-24(20)38-3)21(12-31-15)26(35)33-28-32-23-13-34(14-25(23)39-28)27(36)18-6-5-17(37-2)10-22(18)29/h15-25,28,31-32H,4-10,12-14H2,1-3H3,(H,33,35). The van der Waals surface area contributed by atoms with Gasteiger partial charge in [-0.25, -0.2) is 0 Å². The highest BCUT2D eigenvalue weighted by atomic mass is 35.5. The van der Waals surface area contributed by atoms with Crippen LogP contribution < -0.4 is 16.0 Å². The van der Waals surface area contributed by atoms with Crippen LogP contribution in [-0.2, 0) is 19.1 Å². The summed E-state index contributed by atoms with van der Waals surface area (Å²) in [6, 6.07) is 2.95. The van der Waals surface area contributed by atoms with Crippen molar-refractivity contribution in [2.24, 2.45) is 29.6 Å². The molecule has 3 heterocycles. The number of nitriles is 1. The monoisotopic (exact) mass is 581 g/mol. The van der Waals surface area contributed by atoms with E-state index >= 15 is 0 Å². The van der Waals surface area contributed by atoms with Crippen LogP contribution in [0.15, 0.2) is 0 Å². The minimum absolute atomic E-state index is 0.0384. The van der Waals surface area contributed by atoms with E-state index in [4.69, 9.17) is 21.1 Å². The zero-order valence-electron chi connectivity index (χ0n) is 23.3. The van der Waals surface area contributed by atoms with Gasteiger partial charge in [-0.05, 0) is 63.7 Å². The molecule has 5 rings (SSSR count). The van der Waals surface area contributed by atoms with Crippen LogP contribution in [0.25, 0.3) is 0 Å². The number of ether oxygens (including phenoxy) is 2. The second-order valence-corrected chi connectivity index (χ2v) is 14.2. The van der Waals surface area contributed by atoms with Gasteiger partial charge in [-0.1, -0.05) is 0 Å². The highest BCUT2D eigenvalue weighted by Crippen LogP contribution is 2.42. The fourth-order valence-electron chi connectivity index (χ4n) is 7.71. The number of carbonyl (C=O) groups is 2. The summed E-state index contributed by atoms with van der Waals surface area (Å²) in [6.07, 6.45) is 6.05. The van der Waals surface area contributed by atoms with Crippen LogP contribution >= 0.6 is 23.4 Å². The lowest BCUT2D eigenvalue weighted by atomic mass is 9.66. The predicted molar refractivity (Wildman–Crippen MR) is 151 cm³/mol. The van der Waals surface area contributed by atoms with Crippen LogP contribution in [-0.4, -0.2) is 91.0 Å². The van der Waals surface area contributed by atoms with Gasteiger partial charge < -0.3 is 25.0 Å². The van der Waals surface area contributed by atoms with Gasteiger partial charge in [-0.15, -0.1) is 23.4 Å². The van der Waals surface area contributed by atoms with E-state index in [1.165, 1.54) is 0 Å². The van der Waals surface area contributed by atoms with Crippen molar-refractivity contribution < 1.29 is 19.1 Å². The van der Waals surface area contributed by atoms with Gasteiger partial charge in [-0.3, -0.25) is 14.9 Å². The molecule has 0 spiro atoms. The predicted octanol–water partition coefficient (Wildman–Crippen LogP) is 2.29. The first kappa shape index (κ1) is 29.4. The SMILES string of the molecule is COC1CCC(C(=O)N2CC3NC(NC(=O)C4CNC(C)CC4C4CC(C#N)CCC4OC)SC3C2)C(Cl)C1. The average molecular weight is 582 g/mol. The van der Waals surface area contributed by atoms with Gasteiger partial charge in [0.1, 0.15) is 5.50 Å². The van der Waals surface area contributed by atoms with Crippen molar-refractivity contribution in [3.8, 4) is 6.07 Å². The number of alkyl halides is 1. The van der Waals surface area contributed by atoms with Gasteiger partial charge in [0.05, 0.1) is 30.1 Å². The van der Waals surface area contributed by atoms with Crippen LogP contribution in [0.1, 0.15) is 51.9 Å². The van der Waals surface area contributed by atoms with Crippen LogP contribution in [0.3, 0.4) is 0 Å². The molecule has 0 bridgehead atoms. The number of hydrogen-bond acceptors (Lipinski definition) is 8. The molecule has 2 amide bonds. The molecule has 5 fully saturated rings. The molecular weight excluding hydrogens is 538 g/mol. The number of likely N-dealkylation sites (tertiary alicyclic amines) is 1. The van der Waals surface area contributed by atoms with E-state index in [1.54, 1.807) is 26.0 Å². The Kier molecular flexibility index (Phi) is 9.67. The molecule has 5 aliphatic rings. The fourth-order valence-corrected chi connectivity index (χ4v) is 9.55. The molecule has 12 unspecified atom stereocenters. The summed E-state index contributed by atoms with van der Waals surface area (Å²) >= 11 is 8.31. The number of fused-ring (bicyclic) bond motifs is 1. The van der Waals surface area contributed by atoms with E-state index in [0.717, 1.165) is 44.9 Å². The normalized spacial score (nSPS) is 44.4. The molecule has 0 aromatic carbocycles. The Morgan fingerprint density at radius 1 is 1.05 bits per heavy atom. The lowest BCUT2D eigenvalue weighted by Crippen LogP contribution is -2.55. The maximum absolute atomic E-state index is 13.6. The minimum Gasteiger partial charge on any atom is -0.381 e. The first-order valence-corrected chi connectivity index (χ1v) is 16.0. The van der Waals surface area contributed by atoms with Gasteiger partial charge >= 0.3 is 0 Å². The van der Waals surface area contributed by atoms with E-state index in [2.05, 4.69) is 28.9 Å². The number of thioether (sulfide) groups is 1. The fraction of sp³-hybridized carbons (Fsp3) is 0.893. The summed E-state index contributed by atoms with van der Waals surface area (Å²) in [4.78, 5) is 28.9. The van der Waals surface area contributed by atoms with Gasteiger partial charge in [0.15, 0.2) is 0 Å². The van der Waals surface area contributed by atoms with Crippen molar-refractivity contribution in [2.45, 2.75) is 92.3 Å². The number of rotatable bonds is 6. The van der Waals surface area contributed by atoms with Crippen LogP contribution in [0, 0.1) is 40.9 Å². The molecular formula is C28H44ClN5O4S. The van der Waals surface area contributed by atoms with Crippen molar-refractivity contribution in [1.29, 1.82) is 5.26 Å². The molecule has 2 aliphatic carbocycles. The Labute approximate surface area is 241 Å². The third kappa shape index (κ3) is 6.39. The molecule has 0 aromatic heterocycles. The summed E-state index contributed by atoms with van der Waals surface area (Å²) in [7, 11) is 3.46. The van der Waals surface area contributed by atoms with E-state index in [1.807, 2.05) is 4.90 Å². The van der Waals surface area contributed by atoms with Crippen molar-refractivity contribution in [3.05, 3.63) is 0 Å². The van der Waals surface area contributed by atoms with Gasteiger partial charge in [-0.2, -0.15) is 5.26 Å². The third-order valence-corrected chi connectivity index (χ3v) is 11.8. The summed E-state index contributed by atoms with van der Waals surface area (Å²) in [5.41, 5.74) is -0.167. The molecule has 0 aromatic rings. The second-order valence-electron chi connectivity index (χ2n) is 12.3. The molecule has 3 aliphatic heterocycles. The van der Waals surface area contributed by atoms with E-state index in [-0.39, 0.29) is 75.8 Å². The van der Waals surface area contributed by atoms with Gasteiger partial charge in [0.25, 0.3) is 0 Å². The Bertz CT molecular complexity index is 924. The number of nitrogens with one attached hydrogen (secondary N) is 3. The zero-order chi connectivity index (χ0) is 27.7. The molecule has 12 atom stereocenters. The highest BCUT2D eigenvalue weighted by Gasteiger charge is 2.48.